The van der Waals surface area contributed by atoms with E-state index in [2.05, 4.69) is 15.3 Å². The molecule has 4 rings (SSSR count). The molecule has 0 bridgehead atoms. The van der Waals surface area contributed by atoms with Gasteiger partial charge in [-0.25, -0.2) is 23.7 Å². The molecule has 0 aliphatic carbocycles. The molecule has 0 radical (unpaired) electrons. The van der Waals surface area contributed by atoms with Gasteiger partial charge in [0, 0.05) is 34.1 Å². The molecule has 0 saturated heterocycles. The fraction of sp³-hybridized carbons (Fsp3) is 0.160. The number of nitrogens with zero attached hydrogens (tertiary/aromatic N) is 3. The van der Waals surface area contributed by atoms with Crippen LogP contribution >= 0.6 is 0 Å². The summed E-state index contributed by atoms with van der Waals surface area (Å²) in [4.78, 5) is 13.4. The van der Waals surface area contributed by atoms with Crippen molar-refractivity contribution in [3.8, 4) is 0 Å². The SMILES string of the molecule is CC(C)Nc1nc(C(F)F)cc2cnc(N=C(c3ccccc3)c3ccccc3)cc12. The standard InChI is InChI=1S/C25H22F2N4/c1-16(2)29-25-20-14-22(28-15-19(20)13-21(30-25)24(26)27)31-23(17-9-5-3-6-10-17)18-11-7-4-8-12-18/h3-16,24H,1-2H3,(H,29,30). The number of pyridine rings is 2. The maximum atomic E-state index is 13.3. The number of hydrogen-bond donors (Lipinski definition) is 1. The van der Waals surface area contributed by atoms with Crippen LogP contribution in [0.3, 0.4) is 0 Å². The number of nitrogens with one attached hydrogen (secondary N) is 1. The molecule has 2 heterocycles. The molecule has 0 aliphatic rings. The molecule has 2 aromatic heterocycles. The van der Waals surface area contributed by atoms with E-state index in [4.69, 9.17) is 4.99 Å². The second-order valence-corrected chi connectivity index (χ2v) is 7.45. The summed E-state index contributed by atoms with van der Waals surface area (Å²) in [6.45, 7) is 3.87. The first-order valence-corrected chi connectivity index (χ1v) is 10.1. The van der Waals surface area contributed by atoms with Gasteiger partial charge in [0.25, 0.3) is 6.43 Å². The Hall–Kier alpha value is -3.67. The quantitative estimate of drug-likeness (QED) is 0.362. The van der Waals surface area contributed by atoms with Crippen molar-refractivity contribution in [2.24, 2.45) is 4.99 Å². The Labute approximate surface area is 179 Å². The molecule has 0 amide bonds. The van der Waals surface area contributed by atoms with Gasteiger partial charge in [0.1, 0.15) is 11.5 Å². The Morgan fingerprint density at radius 3 is 2.06 bits per heavy atom. The second-order valence-electron chi connectivity index (χ2n) is 7.45. The molecule has 0 saturated carbocycles. The van der Waals surface area contributed by atoms with E-state index in [0.29, 0.717) is 22.4 Å². The highest BCUT2D eigenvalue weighted by atomic mass is 19.3. The van der Waals surface area contributed by atoms with Crippen LogP contribution in [-0.2, 0) is 0 Å². The van der Waals surface area contributed by atoms with Crippen LogP contribution in [0.15, 0.2) is 84.0 Å². The summed E-state index contributed by atoms with van der Waals surface area (Å²) in [6, 6.07) is 22.9. The van der Waals surface area contributed by atoms with Crippen LogP contribution in [0.4, 0.5) is 20.4 Å². The highest BCUT2D eigenvalue weighted by Crippen LogP contribution is 2.30. The molecule has 31 heavy (non-hydrogen) atoms. The van der Waals surface area contributed by atoms with E-state index < -0.39 is 6.43 Å². The van der Waals surface area contributed by atoms with E-state index in [9.17, 15) is 8.78 Å². The van der Waals surface area contributed by atoms with E-state index >= 15 is 0 Å². The number of fused-ring (bicyclic) bond motifs is 1. The van der Waals surface area contributed by atoms with E-state index in [1.807, 2.05) is 74.5 Å². The summed E-state index contributed by atoms with van der Waals surface area (Å²) < 4.78 is 26.6. The maximum absolute atomic E-state index is 13.3. The number of aromatic nitrogens is 2. The number of anilines is 1. The molecule has 0 unspecified atom stereocenters. The van der Waals surface area contributed by atoms with Crippen LogP contribution in [0.25, 0.3) is 10.8 Å². The van der Waals surface area contributed by atoms with Gasteiger partial charge in [-0.3, -0.25) is 0 Å². The smallest absolute Gasteiger partial charge is 0.280 e. The second kappa shape index (κ2) is 9.00. The third-order valence-corrected chi connectivity index (χ3v) is 4.69. The van der Waals surface area contributed by atoms with E-state index in [0.717, 1.165) is 16.8 Å². The number of aliphatic imine (C=N–C) groups is 1. The molecule has 0 fully saturated rings. The zero-order valence-corrected chi connectivity index (χ0v) is 17.3. The summed E-state index contributed by atoms with van der Waals surface area (Å²) in [5.74, 6) is 0.885. The van der Waals surface area contributed by atoms with Crippen molar-refractivity contribution in [1.29, 1.82) is 0 Å². The molecule has 1 N–H and O–H groups in total. The van der Waals surface area contributed by atoms with Crippen LogP contribution in [0.1, 0.15) is 37.1 Å². The maximum Gasteiger partial charge on any atom is 0.280 e. The van der Waals surface area contributed by atoms with E-state index in [-0.39, 0.29) is 11.7 Å². The fourth-order valence-corrected chi connectivity index (χ4v) is 3.31. The topological polar surface area (TPSA) is 50.2 Å². The lowest BCUT2D eigenvalue weighted by Crippen LogP contribution is -2.12. The average Bonchev–Trinajstić information content (AvgIpc) is 2.78. The summed E-state index contributed by atoms with van der Waals surface area (Å²) >= 11 is 0. The van der Waals surface area contributed by atoms with Crippen molar-refractivity contribution in [2.75, 3.05) is 5.32 Å². The zero-order chi connectivity index (χ0) is 21.8. The normalized spacial score (nSPS) is 11.2. The Bertz CT molecular complexity index is 1160. The van der Waals surface area contributed by atoms with Crippen molar-refractivity contribution in [3.63, 3.8) is 0 Å². The molecule has 2 aromatic carbocycles. The van der Waals surface area contributed by atoms with Crippen LogP contribution in [-0.4, -0.2) is 21.7 Å². The van der Waals surface area contributed by atoms with Gasteiger partial charge >= 0.3 is 0 Å². The number of benzene rings is 2. The van der Waals surface area contributed by atoms with Gasteiger partial charge in [-0.2, -0.15) is 0 Å². The molecule has 4 aromatic rings. The van der Waals surface area contributed by atoms with Crippen LogP contribution in [0.2, 0.25) is 0 Å². The number of halogens is 2. The van der Waals surface area contributed by atoms with Crippen LogP contribution < -0.4 is 5.32 Å². The van der Waals surface area contributed by atoms with Gasteiger partial charge in [-0.05, 0) is 26.0 Å². The van der Waals surface area contributed by atoms with Gasteiger partial charge in [0.2, 0.25) is 0 Å². The third kappa shape index (κ3) is 4.74. The number of alkyl halides is 2. The molecular weight excluding hydrogens is 394 g/mol. The van der Waals surface area contributed by atoms with Crippen molar-refractivity contribution in [1.82, 2.24) is 9.97 Å². The summed E-state index contributed by atoms with van der Waals surface area (Å²) in [7, 11) is 0. The van der Waals surface area contributed by atoms with Gasteiger partial charge in [0.15, 0.2) is 5.82 Å². The first kappa shape index (κ1) is 20.6. The first-order chi connectivity index (χ1) is 15.0. The average molecular weight is 416 g/mol. The number of hydrogen-bond acceptors (Lipinski definition) is 4. The van der Waals surface area contributed by atoms with Gasteiger partial charge < -0.3 is 5.32 Å². The molecule has 0 spiro atoms. The molecule has 6 heteroatoms. The minimum atomic E-state index is -2.66. The van der Waals surface area contributed by atoms with Crippen LogP contribution in [0, 0.1) is 0 Å². The van der Waals surface area contributed by atoms with Crippen molar-refractivity contribution >= 4 is 28.1 Å². The van der Waals surface area contributed by atoms with Crippen molar-refractivity contribution in [2.45, 2.75) is 26.3 Å². The lowest BCUT2D eigenvalue weighted by Gasteiger charge is -2.14. The lowest BCUT2D eigenvalue weighted by molar-refractivity contribution is 0.146. The lowest BCUT2D eigenvalue weighted by atomic mass is 10.0. The summed E-state index contributed by atoms with van der Waals surface area (Å²) in [6.07, 6.45) is -1.08. The minimum Gasteiger partial charge on any atom is -0.367 e. The Balaban J connectivity index is 1.87. The van der Waals surface area contributed by atoms with Crippen molar-refractivity contribution in [3.05, 3.63) is 95.8 Å². The molecular formula is C25H22F2N4. The summed E-state index contributed by atoms with van der Waals surface area (Å²) in [5, 5.41) is 4.46. The first-order valence-electron chi connectivity index (χ1n) is 10.1. The predicted octanol–water partition coefficient (Wildman–Crippen LogP) is 6.56. The van der Waals surface area contributed by atoms with E-state index in [1.54, 1.807) is 12.3 Å². The van der Waals surface area contributed by atoms with E-state index in [1.165, 1.54) is 6.07 Å². The third-order valence-electron chi connectivity index (χ3n) is 4.69. The molecule has 4 nitrogen and oxygen atoms in total. The Kier molecular flexibility index (Phi) is 5.98. The van der Waals surface area contributed by atoms with Crippen molar-refractivity contribution < 1.29 is 8.78 Å². The monoisotopic (exact) mass is 416 g/mol. The van der Waals surface area contributed by atoms with Gasteiger partial charge in [-0.15, -0.1) is 0 Å². The molecule has 0 atom stereocenters. The largest absolute Gasteiger partial charge is 0.367 e. The minimum absolute atomic E-state index is 0.0351. The number of rotatable bonds is 6. The summed E-state index contributed by atoms with van der Waals surface area (Å²) in [5.41, 5.74) is 2.43. The van der Waals surface area contributed by atoms with Gasteiger partial charge in [-0.1, -0.05) is 60.7 Å². The molecule has 156 valence electrons. The highest BCUT2D eigenvalue weighted by molar-refractivity contribution is 6.14. The molecule has 0 aliphatic heterocycles. The zero-order valence-electron chi connectivity index (χ0n) is 17.3. The fourth-order valence-electron chi connectivity index (χ4n) is 3.31. The highest BCUT2D eigenvalue weighted by Gasteiger charge is 2.15. The predicted molar refractivity (Wildman–Crippen MR) is 121 cm³/mol. The van der Waals surface area contributed by atoms with Gasteiger partial charge in [0.05, 0.1) is 5.71 Å². The van der Waals surface area contributed by atoms with Crippen LogP contribution in [0.5, 0.6) is 0 Å². The Morgan fingerprint density at radius 1 is 0.903 bits per heavy atom. The Morgan fingerprint density at radius 2 is 1.52 bits per heavy atom.